The Labute approximate surface area is 83.9 Å². The van der Waals surface area contributed by atoms with Crippen LogP contribution in [0, 0.1) is 0 Å². The number of esters is 1. The summed E-state index contributed by atoms with van der Waals surface area (Å²) < 4.78 is 41.1. The number of halogens is 3. The van der Waals surface area contributed by atoms with Crippen molar-refractivity contribution in [3.63, 3.8) is 0 Å². The average molecular weight is 219 g/mol. The Morgan fingerprint density at radius 2 is 2.13 bits per heavy atom. The minimum absolute atomic E-state index is 0.0940. The number of nitrogens with zero attached hydrogens (tertiary/aromatic N) is 1. The molecule has 1 heterocycles. The molecule has 0 aliphatic heterocycles. The van der Waals surface area contributed by atoms with E-state index in [1.54, 1.807) is 6.92 Å². The molecule has 0 saturated carbocycles. The molecule has 0 unspecified atom stereocenters. The molecule has 0 radical (unpaired) electrons. The third kappa shape index (κ3) is 2.93. The van der Waals surface area contributed by atoms with Gasteiger partial charge in [-0.1, -0.05) is 6.07 Å². The van der Waals surface area contributed by atoms with Crippen molar-refractivity contribution in [2.24, 2.45) is 0 Å². The summed E-state index contributed by atoms with van der Waals surface area (Å²) in [6.45, 7) is 1.66. The van der Waals surface area contributed by atoms with Crippen molar-refractivity contribution in [2.45, 2.75) is 13.1 Å². The molecule has 1 rings (SSSR count). The number of alkyl halides is 3. The number of ether oxygens (including phenoxy) is 1. The molecule has 6 heteroatoms. The SMILES string of the molecule is CCOC(=O)c1cccc(C(F)(F)F)n1. The number of hydrogen-bond donors (Lipinski definition) is 0. The highest BCUT2D eigenvalue weighted by Crippen LogP contribution is 2.27. The van der Waals surface area contributed by atoms with Gasteiger partial charge in [-0.2, -0.15) is 13.2 Å². The Morgan fingerprint density at radius 1 is 1.47 bits per heavy atom. The highest BCUT2D eigenvalue weighted by atomic mass is 19.4. The van der Waals surface area contributed by atoms with Crippen LogP contribution in [0.25, 0.3) is 0 Å². The Hall–Kier alpha value is -1.59. The van der Waals surface area contributed by atoms with Gasteiger partial charge >= 0.3 is 12.1 Å². The largest absolute Gasteiger partial charge is 0.461 e. The lowest BCUT2D eigenvalue weighted by Gasteiger charge is -2.06. The van der Waals surface area contributed by atoms with E-state index in [9.17, 15) is 18.0 Å². The van der Waals surface area contributed by atoms with Gasteiger partial charge in [-0.25, -0.2) is 9.78 Å². The van der Waals surface area contributed by atoms with Crippen LogP contribution in [0.3, 0.4) is 0 Å². The van der Waals surface area contributed by atoms with Crippen LogP contribution in [-0.4, -0.2) is 17.6 Å². The zero-order valence-electron chi connectivity index (χ0n) is 7.84. The summed E-state index contributed by atoms with van der Waals surface area (Å²) in [5, 5.41) is 0. The molecule has 0 amide bonds. The first-order valence-electron chi connectivity index (χ1n) is 4.16. The molecule has 0 spiro atoms. The van der Waals surface area contributed by atoms with Gasteiger partial charge in [-0.05, 0) is 19.1 Å². The van der Waals surface area contributed by atoms with Crippen LogP contribution in [0.15, 0.2) is 18.2 Å². The summed E-state index contributed by atoms with van der Waals surface area (Å²) in [5.41, 5.74) is -1.44. The number of pyridine rings is 1. The second-order valence-corrected chi connectivity index (χ2v) is 2.63. The van der Waals surface area contributed by atoms with Crippen LogP contribution in [0.1, 0.15) is 23.1 Å². The van der Waals surface area contributed by atoms with E-state index in [1.165, 1.54) is 6.07 Å². The van der Waals surface area contributed by atoms with E-state index in [0.29, 0.717) is 0 Å². The molecule has 0 aliphatic rings. The predicted molar refractivity (Wildman–Crippen MR) is 45.2 cm³/mol. The van der Waals surface area contributed by atoms with Crippen LogP contribution in [0.2, 0.25) is 0 Å². The van der Waals surface area contributed by atoms with E-state index in [4.69, 9.17) is 0 Å². The number of carbonyl (C=O) groups is 1. The van der Waals surface area contributed by atoms with Gasteiger partial charge in [0.05, 0.1) is 6.61 Å². The minimum atomic E-state index is -4.55. The van der Waals surface area contributed by atoms with E-state index >= 15 is 0 Å². The highest BCUT2D eigenvalue weighted by Gasteiger charge is 2.33. The van der Waals surface area contributed by atoms with E-state index in [-0.39, 0.29) is 12.3 Å². The van der Waals surface area contributed by atoms with Crippen molar-refractivity contribution >= 4 is 5.97 Å². The van der Waals surface area contributed by atoms with Gasteiger partial charge in [0.2, 0.25) is 0 Å². The fraction of sp³-hybridized carbons (Fsp3) is 0.333. The van der Waals surface area contributed by atoms with Crippen LogP contribution < -0.4 is 0 Å². The maximum absolute atomic E-state index is 12.2. The first-order valence-corrected chi connectivity index (χ1v) is 4.16. The molecule has 0 bridgehead atoms. The van der Waals surface area contributed by atoms with Crippen LogP contribution >= 0.6 is 0 Å². The lowest BCUT2D eigenvalue weighted by molar-refractivity contribution is -0.141. The van der Waals surface area contributed by atoms with Crippen molar-refractivity contribution < 1.29 is 22.7 Å². The summed E-state index contributed by atoms with van der Waals surface area (Å²) in [4.78, 5) is 14.2. The second kappa shape index (κ2) is 4.29. The summed E-state index contributed by atoms with van der Waals surface area (Å²) in [6, 6.07) is 3.08. The van der Waals surface area contributed by atoms with E-state index in [2.05, 4.69) is 9.72 Å². The molecule has 0 aliphatic carbocycles. The Kier molecular flexibility index (Phi) is 3.28. The molecule has 1 aromatic heterocycles. The quantitative estimate of drug-likeness (QED) is 0.716. The van der Waals surface area contributed by atoms with E-state index < -0.39 is 17.8 Å². The van der Waals surface area contributed by atoms with Crippen molar-refractivity contribution in [3.05, 3.63) is 29.6 Å². The normalized spacial score (nSPS) is 11.2. The van der Waals surface area contributed by atoms with Crippen molar-refractivity contribution in [1.82, 2.24) is 4.98 Å². The minimum Gasteiger partial charge on any atom is -0.461 e. The number of aromatic nitrogens is 1. The molecule has 1 aromatic rings. The van der Waals surface area contributed by atoms with E-state index in [1.807, 2.05) is 0 Å². The van der Waals surface area contributed by atoms with Gasteiger partial charge in [0, 0.05) is 0 Å². The Morgan fingerprint density at radius 3 is 2.67 bits per heavy atom. The molecule has 0 N–H and O–H groups in total. The average Bonchev–Trinajstić information content (AvgIpc) is 2.17. The molecule has 15 heavy (non-hydrogen) atoms. The number of carbonyl (C=O) groups excluding carboxylic acids is 1. The van der Waals surface area contributed by atoms with Crippen LogP contribution in [0.5, 0.6) is 0 Å². The highest BCUT2D eigenvalue weighted by molar-refractivity contribution is 5.87. The van der Waals surface area contributed by atoms with Crippen LogP contribution in [-0.2, 0) is 10.9 Å². The smallest absolute Gasteiger partial charge is 0.433 e. The summed E-state index contributed by atoms with van der Waals surface area (Å²) in [7, 11) is 0. The molecule has 0 aromatic carbocycles. The third-order valence-electron chi connectivity index (χ3n) is 1.52. The van der Waals surface area contributed by atoms with Crippen molar-refractivity contribution in [2.75, 3.05) is 6.61 Å². The van der Waals surface area contributed by atoms with Gasteiger partial charge in [-0.15, -0.1) is 0 Å². The first kappa shape index (κ1) is 11.5. The molecule has 82 valence electrons. The topological polar surface area (TPSA) is 39.2 Å². The molecule has 0 atom stereocenters. The maximum atomic E-state index is 12.2. The Balaban J connectivity index is 2.98. The lowest BCUT2D eigenvalue weighted by atomic mass is 10.3. The fourth-order valence-electron chi connectivity index (χ4n) is 0.911. The van der Waals surface area contributed by atoms with Gasteiger partial charge in [0.25, 0.3) is 0 Å². The number of hydrogen-bond acceptors (Lipinski definition) is 3. The molecule has 0 fully saturated rings. The summed E-state index contributed by atoms with van der Waals surface area (Å²) in [5.74, 6) is -0.858. The van der Waals surface area contributed by atoms with E-state index in [0.717, 1.165) is 12.1 Å². The second-order valence-electron chi connectivity index (χ2n) is 2.63. The van der Waals surface area contributed by atoms with Gasteiger partial charge in [-0.3, -0.25) is 0 Å². The predicted octanol–water partition coefficient (Wildman–Crippen LogP) is 2.28. The summed E-state index contributed by atoms with van der Waals surface area (Å²) >= 11 is 0. The van der Waals surface area contributed by atoms with Gasteiger partial charge < -0.3 is 4.74 Å². The van der Waals surface area contributed by atoms with Crippen LogP contribution in [0.4, 0.5) is 13.2 Å². The van der Waals surface area contributed by atoms with Crippen molar-refractivity contribution in [1.29, 1.82) is 0 Å². The zero-order valence-corrected chi connectivity index (χ0v) is 7.84. The zero-order chi connectivity index (χ0) is 11.5. The van der Waals surface area contributed by atoms with Gasteiger partial charge in [0.15, 0.2) is 0 Å². The van der Waals surface area contributed by atoms with Gasteiger partial charge in [0.1, 0.15) is 11.4 Å². The molecule has 0 saturated heterocycles. The summed E-state index contributed by atoms with van der Waals surface area (Å²) in [6.07, 6.45) is -4.55. The monoisotopic (exact) mass is 219 g/mol. The first-order chi connectivity index (χ1) is 6.95. The fourth-order valence-corrected chi connectivity index (χ4v) is 0.911. The Bertz CT molecular complexity index is 363. The molecular weight excluding hydrogens is 211 g/mol. The molecular formula is C9H8F3NO2. The van der Waals surface area contributed by atoms with Crippen molar-refractivity contribution in [3.8, 4) is 0 Å². The molecule has 3 nitrogen and oxygen atoms in total. The number of rotatable bonds is 2. The maximum Gasteiger partial charge on any atom is 0.433 e. The third-order valence-corrected chi connectivity index (χ3v) is 1.52. The standard InChI is InChI=1S/C9H8F3NO2/c1-2-15-8(14)6-4-3-5-7(13-6)9(10,11)12/h3-5H,2H2,1H3. The lowest BCUT2D eigenvalue weighted by Crippen LogP contribution is -2.13.